The Morgan fingerprint density at radius 2 is 1.81 bits per heavy atom. The zero-order chi connectivity index (χ0) is 19.8. The molecule has 6 nitrogen and oxygen atoms in total. The molecule has 27 heavy (non-hydrogen) atoms. The van der Waals surface area contributed by atoms with Crippen LogP contribution < -0.4 is 5.32 Å². The molecule has 0 fully saturated rings. The first-order valence-electron chi connectivity index (χ1n) is 8.14. The normalized spacial score (nSPS) is 11.1. The zero-order valence-corrected chi connectivity index (χ0v) is 15.7. The summed E-state index contributed by atoms with van der Waals surface area (Å²) in [7, 11) is 0. The number of rotatable bonds is 7. The van der Waals surface area contributed by atoms with E-state index in [0.717, 1.165) is 0 Å². The molecule has 2 aromatic rings. The van der Waals surface area contributed by atoms with E-state index in [-0.39, 0.29) is 11.5 Å². The molecule has 2 rings (SSSR count). The van der Waals surface area contributed by atoms with Gasteiger partial charge in [-0.3, -0.25) is 9.59 Å². The summed E-state index contributed by atoms with van der Waals surface area (Å²) < 4.78 is 5.26. The lowest BCUT2D eigenvalue weighted by Crippen LogP contribution is -2.30. The van der Waals surface area contributed by atoms with Crippen molar-refractivity contribution in [2.75, 3.05) is 11.1 Å². The number of anilines is 1. The third kappa shape index (κ3) is 5.69. The number of amides is 1. The molecular formula is C20H18N2O4S. The van der Waals surface area contributed by atoms with Crippen molar-refractivity contribution in [3.63, 3.8) is 0 Å². The number of nitrogens with one attached hydrogen (secondary N) is 1. The van der Waals surface area contributed by atoms with Crippen molar-refractivity contribution in [3.8, 4) is 6.07 Å². The van der Waals surface area contributed by atoms with Crippen molar-refractivity contribution in [1.82, 2.24) is 0 Å². The minimum atomic E-state index is -1.06. The van der Waals surface area contributed by atoms with Gasteiger partial charge in [0.25, 0.3) is 5.91 Å². The fourth-order valence-electron chi connectivity index (χ4n) is 2.14. The maximum atomic E-state index is 12.4. The Labute approximate surface area is 161 Å². The number of para-hydroxylation sites is 1. The van der Waals surface area contributed by atoms with Crippen LogP contribution in [0.15, 0.2) is 53.4 Å². The molecule has 0 aliphatic rings. The van der Waals surface area contributed by atoms with Crippen molar-refractivity contribution in [2.24, 2.45) is 0 Å². The molecular weight excluding hydrogens is 364 g/mol. The highest BCUT2D eigenvalue weighted by Gasteiger charge is 2.21. The Bertz CT molecular complexity index is 905. The minimum Gasteiger partial charge on any atom is -0.449 e. The van der Waals surface area contributed by atoms with Crippen molar-refractivity contribution in [2.45, 2.75) is 24.8 Å². The highest BCUT2D eigenvalue weighted by molar-refractivity contribution is 8.00. The number of benzene rings is 2. The van der Waals surface area contributed by atoms with Gasteiger partial charge in [-0.25, -0.2) is 4.79 Å². The minimum absolute atomic E-state index is 0.00734. The predicted molar refractivity (Wildman–Crippen MR) is 103 cm³/mol. The molecule has 138 valence electrons. The molecule has 0 heterocycles. The van der Waals surface area contributed by atoms with E-state index in [0.29, 0.717) is 21.7 Å². The molecule has 1 N–H and O–H groups in total. The predicted octanol–water partition coefficient (Wildman–Crippen LogP) is 3.42. The number of esters is 1. The smallest absolute Gasteiger partial charge is 0.340 e. The zero-order valence-electron chi connectivity index (χ0n) is 14.9. The van der Waals surface area contributed by atoms with Gasteiger partial charge in [0.2, 0.25) is 0 Å². The van der Waals surface area contributed by atoms with Crippen LogP contribution in [-0.2, 0) is 14.3 Å². The maximum Gasteiger partial charge on any atom is 0.340 e. The van der Waals surface area contributed by atoms with E-state index in [1.54, 1.807) is 48.5 Å². The summed E-state index contributed by atoms with van der Waals surface area (Å²) in [6.07, 6.45) is -1.06. The molecule has 0 bridgehead atoms. The van der Waals surface area contributed by atoms with Gasteiger partial charge in [0.05, 0.1) is 22.6 Å². The van der Waals surface area contributed by atoms with E-state index in [9.17, 15) is 14.4 Å². The second kappa shape index (κ2) is 9.55. The lowest BCUT2D eigenvalue weighted by atomic mass is 10.2. The van der Waals surface area contributed by atoms with Gasteiger partial charge in [-0.05, 0) is 38.1 Å². The maximum absolute atomic E-state index is 12.4. The number of carbonyl (C=O) groups excluding carboxylic acids is 3. The second-order valence-corrected chi connectivity index (χ2v) is 6.70. The monoisotopic (exact) mass is 382 g/mol. The SMILES string of the molecule is CC(=O)CSc1ccccc1C(=O)O[C@@H](C)C(=O)Nc1ccccc1C#N. The number of carbonyl (C=O) groups is 3. The molecule has 7 heteroatoms. The quantitative estimate of drug-likeness (QED) is 0.582. The fourth-order valence-corrected chi connectivity index (χ4v) is 2.98. The Morgan fingerprint density at radius 3 is 2.52 bits per heavy atom. The van der Waals surface area contributed by atoms with E-state index < -0.39 is 18.0 Å². The summed E-state index contributed by atoms with van der Waals surface area (Å²) in [5, 5.41) is 11.7. The van der Waals surface area contributed by atoms with Crippen molar-refractivity contribution >= 4 is 35.1 Å². The standard InChI is InChI=1S/C20H18N2O4S/c1-13(23)12-27-18-10-6-4-8-16(18)20(25)26-14(2)19(24)22-17-9-5-3-7-15(17)11-21/h3-10,14H,12H2,1-2H3,(H,22,24)/t14-/m0/s1. The summed E-state index contributed by atoms with van der Waals surface area (Å²) >= 11 is 1.24. The van der Waals surface area contributed by atoms with Crippen LogP contribution in [0.25, 0.3) is 0 Å². The van der Waals surface area contributed by atoms with E-state index in [4.69, 9.17) is 10.00 Å². The van der Waals surface area contributed by atoms with Gasteiger partial charge >= 0.3 is 5.97 Å². The summed E-state index contributed by atoms with van der Waals surface area (Å²) in [4.78, 5) is 36.5. The van der Waals surface area contributed by atoms with Gasteiger partial charge in [-0.15, -0.1) is 11.8 Å². The first kappa shape index (κ1) is 20.2. The van der Waals surface area contributed by atoms with Crippen molar-refractivity contribution < 1.29 is 19.1 Å². The second-order valence-electron chi connectivity index (χ2n) is 5.68. The first-order valence-corrected chi connectivity index (χ1v) is 9.13. The molecule has 1 atom stereocenters. The lowest BCUT2D eigenvalue weighted by Gasteiger charge is -2.15. The molecule has 0 spiro atoms. The van der Waals surface area contributed by atoms with Gasteiger partial charge in [0.1, 0.15) is 11.9 Å². The van der Waals surface area contributed by atoms with Gasteiger partial charge in [0.15, 0.2) is 6.10 Å². The fraction of sp³-hybridized carbons (Fsp3) is 0.200. The summed E-state index contributed by atoms with van der Waals surface area (Å²) in [6, 6.07) is 15.3. The molecule has 0 radical (unpaired) electrons. The third-order valence-corrected chi connectivity index (χ3v) is 4.71. The molecule has 0 unspecified atom stereocenters. The van der Waals surface area contributed by atoms with Crippen LogP contribution >= 0.6 is 11.8 Å². The average molecular weight is 382 g/mol. The van der Waals surface area contributed by atoms with Crippen LogP contribution in [0, 0.1) is 11.3 Å². The largest absolute Gasteiger partial charge is 0.449 e. The van der Waals surface area contributed by atoms with E-state index in [1.807, 2.05) is 6.07 Å². The first-order chi connectivity index (χ1) is 12.9. The van der Waals surface area contributed by atoms with Crippen molar-refractivity contribution in [1.29, 1.82) is 5.26 Å². The average Bonchev–Trinajstić information content (AvgIpc) is 2.66. The topological polar surface area (TPSA) is 96.3 Å². The number of ketones is 1. The molecule has 0 saturated heterocycles. The summed E-state index contributed by atoms with van der Waals surface area (Å²) in [5.74, 6) is -0.962. The molecule has 0 aromatic heterocycles. The van der Waals surface area contributed by atoms with Crippen LogP contribution in [0.3, 0.4) is 0 Å². The Kier molecular flexibility index (Phi) is 7.15. The van der Waals surface area contributed by atoms with E-state index >= 15 is 0 Å². The van der Waals surface area contributed by atoms with E-state index in [2.05, 4.69) is 5.32 Å². The number of ether oxygens (including phenoxy) is 1. The van der Waals surface area contributed by atoms with Gasteiger partial charge < -0.3 is 10.1 Å². The summed E-state index contributed by atoms with van der Waals surface area (Å²) in [6.45, 7) is 2.92. The summed E-state index contributed by atoms with van der Waals surface area (Å²) in [5.41, 5.74) is 0.960. The van der Waals surface area contributed by atoms with Crippen LogP contribution in [-0.4, -0.2) is 29.5 Å². The van der Waals surface area contributed by atoms with Crippen LogP contribution in [0.2, 0.25) is 0 Å². The highest BCUT2D eigenvalue weighted by Crippen LogP contribution is 2.24. The number of nitriles is 1. The third-order valence-electron chi connectivity index (χ3n) is 3.50. The van der Waals surface area contributed by atoms with Gasteiger partial charge in [0, 0.05) is 4.90 Å². The Balaban J connectivity index is 2.06. The van der Waals surface area contributed by atoms with Crippen molar-refractivity contribution in [3.05, 3.63) is 59.7 Å². The van der Waals surface area contributed by atoms with Gasteiger partial charge in [-0.1, -0.05) is 24.3 Å². The van der Waals surface area contributed by atoms with Crippen LogP contribution in [0.5, 0.6) is 0 Å². The van der Waals surface area contributed by atoms with Crippen LogP contribution in [0.4, 0.5) is 5.69 Å². The Morgan fingerprint density at radius 1 is 1.15 bits per heavy atom. The van der Waals surface area contributed by atoms with E-state index in [1.165, 1.54) is 25.6 Å². The number of thioether (sulfide) groups is 1. The number of Topliss-reactive ketones (excluding diaryl/α,β-unsaturated/α-hetero) is 1. The molecule has 0 saturated carbocycles. The molecule has 0 aliphatic heterocycles. The number of hydrogen-bond acceptors (Lipinski definition) is 6. The molecule has 1 amide bonds. The lowest BCUT2D eigenvalue weighted by molar-refractivity contribution is -0.123. The number of hydrogen-bond donors (Lipinski definition) is 1. The molecule has 2 aromatic carbocycles. The Hall–Kier alpha value is -3.11. The number of nitrogens with zero attached hydrogens (tertiary/aromatic N) is 1. The van der Waals surface area contributed by atoms with Crippen LogP contribution in [0.1, 0.15) is 29.8 Å². The highest BCUT2D eigenvalue weighted by atomic mass is 32.2. The molecule has 0 aliphatic carbocycles. The van der Waals surface area contributed by atoms with Gasteiger partial charge in [-0.2, -0.15) is 5.26 Å².